The molecule has 1 aromatic heterocycles. The van der Waals surface area contributed by atoms with Crippen LogP contribution in [-0.2, 0) is 0 Å². The highest BCUT2D eigenvalue weighted by Crippen LogP contribution is 2.27. The van der Waals surface area contributed by atoms with E-state index in [2.05, 4.69) is 15.2 Å². The van der Waals surface area contributed by atoms with Crippen LogP contribution in [0.5, 0.6) is 0 Å². The minimum Gasteiger partial charge on any atom is -0.390 e. The predicted octanol–water partition coefficient (Wildman–Crippen LogP) is -0.247. The average Bonchev–Trinajstić information content (AvgIpc) is 2.22. The maximum absolute atomic E-state index is 13.9. The summed E-state index contributed by atoms with van der Waals surface area (Å²) in [7, 11) is 0. The van der Waals surface area contributed by atoms with E-state index in [1.165, 1.54) is 13.1 Å². The van der Waals surface area contributed by atoms with Crippen LogP contribution in [0.2, 0.25) is 0 Å². The van der Waals surface area contributed by atoms with E-state index in [1.807, 2.05) is 0 Å². The fourth-order valence-electron chi connectivity index (χ4n) is 1.75. The Hall–Kier alpha value is -1.50. The second-order valence-corrected chi connectivity index (χ2v) is 4.19. The molecular weight excluding hydrogens is 213 g/mol. The van der Waals surface area contributed by atoms with Gasteiger partial charge in [-0.3, -0.25) is 0 Å². The van der Waals surface area contributed by atoms with Gasteiger partial charge in [-0.15, -0.1) is 5.10 Å². The van der Waals surface area contributed by atoms with Gasteiger partial charge in [-0.1, -0.05) is 0 Å². The minimum absolute atomic E-state index is 0.0410. The smallest absolute Gasteiger partial charge is 0.247 e. The molecule has 6 nitrogen and oxygen atoms in total. The molecular formula is C9H14FN5O. The quantitative estimate of drug-likeness (QED) is 0.688. The number of halogens is 1. The second kappa shape index (κ2) is 3.82. The van der Waals surface area contributed by atoms with E-state index in [1.54, 1.807) is 4.90 Å². The number of aliphatic hydroxyl groups excluding tert-OH is 1. The Morgan fingerprint density at radius 2 is 2.44 bits per heavy atom. The van der Waals surface area contributed by atoms with Crippen LogP contribution in [0.4, 0.5) is 16.2 Å². The van der Waals surface area contributed by atoms with Gasteiger partial charge < -0.3 is 15.7 Å². The Balaban J connectivity index is 2.18. The van der Waals surface area contributed by atoms with Gasteiger partial charge in [0, 0.05) is 6.54 Å². The number of anilines is 2. The van der Waals surface area contributed by atoms with Gasteiger partial charge >= 0.3 is 0 Å². The van der Waals surface area contributed by atoms with Crippen LogP contribution in [0, 0.1) is 0 Å². The molecule has 1 fully saturated rings. The summed E-state index contributed by atoms with van der Waals surface area (Å²) in [4.78, 5) is 5.60. The molecule has 0 aliphatic carbocycles. The maximum Gasteiger partial charge on any atom is 0.247 e. The SMILES string of the molecule is C[C@@]1(F)CN(c2nncc(N)n2)CC[C@H]1O. The second-order valence-electron chi connectivity index (χ2n) is 4.19. The molecule has 0 amide bonds. The fraction of sp³-hybridized carbons (Fsp3) is 0.667. The highest BCUT2D eigenvalue weighted by atomic mass is 19.1. The molecule has 2 rings (SSSR count). The number of nitrogen functional groups attached to an aromatic ring is 1. The van der Waals surface area contributed by atoms with Crippen molar-refractivity contribution in [2.45, 2.75) is 25.1 Å². The van der Waals surface area contributed by atoms with E-state index >= 15 is 0 Å². The van der Waals surface area contributed by atoms with Gasteiger partial charge in [-0.25, -0.2) is 4.39 Å². The topological polar surface area (TPSA) is 88.2 Å². The lowest BCUT2D eigenvalue weighted by molar-refractivity contribution is -0.00863. The van der Waals surface area contributed by atoms with E-state index in [9.17, 15) is 9.50 Å². The van der Waals surface area contributed by atoms with Gasteiger partial charge in [0.2, 0.25) is 5.95 Å². The van der Waals surface area contributed by atoms with Crippen molar-refractivity contribution in [1.29, 1.82) is 0 Å². The highest BCUT2D eigenvalue weighted by molar-refractivity contribution is 5.36. The third kappa shape index (κ3) is 2.04. The molecule has 0 aromatic carbocycles. The zero-order chi connectivity index (χ0) is 11.8. The van der Waals surface area contributed by atoms with Crippen molar-refractivity contribution in [2.75, 3.05) is 23.7 Å². The van der Waals surface area contributed by atoms with Gasteiger partial charge in [0.1, 0.15) is 5.82 Å². The fourth-order valence-corrected chi connectivity index (χ4v) is 1.75. The van der Waals surface area contributed by atoms with Crippen LogP contribution in [0.25, 0.3) is 0 Å². The van der Waals surface area contributed by atoms with Crippen molar-refractivity contribution in [3.63, 3.8) is 0 Å². The molecule has 1 aliphatic heterocycles. The van der Waals surface area contributed by atoms with E-state index < -0.39 is 11.8 Å². The summed E-state index contributed by atoms with van der Waals surface area (Å²) in [5.41, 5.74) is 3.82. The van der Waals surface area contributed by atoms with Crippen LogP contribution in [0.15, 0.2) is 6.20 Å². The first kappa shape index (κ1) is 11.0. The monoisotopic (exact) mass is 227 g/mol. The van der Waals surface area contributed by atoms with E-state index in [4.69, 9.17) is 5.73 Å². The third-order valence-electron chi connectivity index (χ3n) is 2.72. The zero-order valence-electron chi connectivity index (χ0n) is 8.97. The van der Waals surface area contributed by atoms with Gasteiger partial charge in [0.15, 0.2) is 5.67 Å². The summed E-state index contributed by atoms with van der Waals surface area (Å²) in [6.07, 6.45) is 0.722. The van der Waals surface area contributed by atoms with Gasteiger partial charge in [0.25, 0.3) is 0 Å². The molecule has 1 aliphatic rings. The molecule has 2 heterocycles. The van der Waals surface area contributed by atoms with Gasteiger partial charge in [-0.05, 0) is 13.3 Å². The van der Waals surface area contributed by atoms with Crippen LogP contribution in [-0.4, -0.2) is 45.2 Å². The molecule has 0 radical (unpaired) electrons. The van der Waals surface area contributed by atoms with Crippen LogP contribution in [0.3, 0.4) is 0 Å². The molecule has 7 heteroatoms. The average molecular weight is 227 g/mol. The summed E-state index contributed by atoms with van der Waals surface area (Å²) in [5, 5.41) is 16.9. The van der Waals surface area contributed by atoms with Gasteiger partial charge in [-0.2, -0.15) is 10.1 Å². The molecule has 0 unspecified atom stereocenters. The minimum atomic E-state index is -1.66. The Kier molecular flexibility index (Phi) is 2.63. The number of rotatable bonds is 1. The molecule has 3 N–H and O–H groups in total. The van der Waals surface area contributed by atoms with E-state index in [0.717, 1.165) is 0 Å². The number of nitrogens with zero attached hydrogens (tertiary/aromatic N) is 4. The third-order valence-corrected chi connectivity index (χ3v) is 2.72. The van der Waals surface area contributed by atoms with Crippen molar-refractivity contribution < 1.29 is 9.50 Å². The molecule has 1 saturated heterocycles. The van der Waals surface area contributed by atoms with Crippen molar-refractivity contribution in [2.24, 2.45) is 0 Å². The lowest BCUT2D eigenvalue weighted by atomic mass is 9.94. The zero-order valence-corrected chi connectivity index (χ0v) is 8.97. The number of hydrogen-bond donors (Lipinski definition) is 2. The number of hydrogen-bond acceptors (Lipinski definition) is 6. The molecule has 16 heavy (non-hydrogen) atoms. The van der Waals surface area contributed by atoms with Crippen LogP contribution < -0.4 is 10.6 Å². The molecule has 0 spiro atoms. The van der Waals surface area contributed by atoms with Crippen molar-refractivity contribution in [1.82, 2.24) is 15.2 Å². The van der Waals surface area contributed by atoms with Crippen molar-refractivity contribution >= 4 is 11.8 Å². The summed E-state index contributed by atoms with van der Waals surface area (Å²) < 4.78 is 13.9. The first-order valence-corrected chi connectivity index (χ1v) is 5.06. The summed E-state index contributed by atoms with van der Waals surface area (Å²) in [6.45, 7) is 1.90. The lowest BCUT2D eigenvalue weighted by Gasteiger charge is -2.38. The number of aliphatic hydroxyl groups is 1. The maximum atomic E-state index is 13.9. The summed E-state index contributed by atoms with van der Waals surface area (Å²) in [6, 6.07) is 0. The first-order valence-electron chi connectivity index (χ1n) is 5.06. The first-order chi connectivity index (χ1) is 7.49. The predicted molar refractivity (Wildman–Crippen MR) is 56.6 cm³/mol. The van der Waals surface area contributed by atoms with Crippen molar-refractivity contribution in [3.05, 3.63) is 6.20 Å². The molecule has 88 valence electrons. The Bertz CT molecular complexity index is 386. The molecule has 2 atom stereocenters. The normalized spacial score (nSPS) is 30.4. The number of alkyl halides is 1. The van der Waals surface area contributed by atoms with Crippen molar-refractivity contribution in [3.8, 4) is 0 Å². The summed E-state index contributed by atoms with van der Waals surface area (Å²) in [5.74, 6) is 0.549. The molecule has 0 saturated carbocycles. The van der Waals surface area contributed by atoms with Crippen LogP contribution >= 0.6 is 0 Å². The number of nitrogens with two attached hydrogens (primary N) is 1. The summed E-state index contributed by atoms with van der Waals surface area (Å²) >= 11 is 0. The Morgan fingerprint density at radius 3 is 3.06 bits per heavy atom. The Morgan fingerprint density at radius 1 is 1.69 bits per heavy atom. The van der Waals surface area contributed by atoms with Gasteiger partial charge in [0.05, 0.1) is 18.8 Å². The van der Waals surface area contributed by atoms with E-state index in [-0.39, 0.29) is 12.4 Å². The molecule has 1 aromatic rings. The lowest BCUT2D eigenvalue weighted by Crippen LogP contribution is -2.53. The number of piperidine rings is 1. The largest absolute Gasteiger partial charge is 0.390 e. The Labute approximate surface area is 92.3 Å². The molecule has 0 bridgehead atoms. The highest BCUT2D eigenvalue weighted by Gasteiger charge is 2.39. The van der Waals surface area contributed by atoms with E-state index in [0.29, 0.717) is 18.9 Å². The number of aromatic nitrogens is 3. The standard InChI is InChI=1S/C9H14FN5O/c1-9(10)5-15(3-2-6(9)16)8-13-7(11)4-12-14-8/h4,6,16H,2-3,5H2,1H3,(H2,11,13,14)/t6-,9-/m1/s1. The van der Waals surface area contributed by atoms with Crippen LogP contribution in [0.1, 0.15) is 13.3 Å².